The maximum atomic E-state index is 13.0. The summed E-state index contributed by atoms with van der Waals surface area (Å²) in [5.74, 6) is -0.237. The summed E-state index contributed by atoms with van der Waals surface area (Å²) in [6, 6.07) is 21.4. The Morgan fingerprint density at radius 1 is 0.775 bits per heavy atom. The molecule has 0 atom stereocenters. The highest BCUT2D eigenvalue weighted by Gasteiger charge is 2.22. The third-order valence-corrected chi connectivity index (χ3v) is 9.12. The zero-order valence-electron chi connectivity index (χ0n) is 21.7. The van der Waals surface area contributed by atoms with Gasteiger partial charge in [0, 0.05) is 11.3 Å². The quantitative estimate of drug-likeness (QED) is 0.222. The largest absolute Gasteiger partial charge is 0.495 e. The fraction of sp³-hybridized carbons (Fsp3) is 0.107. The lowest BCUT2D eigenvalue weighted by Crippen LogP contribution is -2.17. The molecule has 0 radical (unpaired) electrons. The monoisotopic (exact) mass is 599 g/mol. The Morgan fingerprint density at radius 2 is 1.45 bits per heavy atom. The van der Waals surface area contributed by atoms with E-state index in [0.29, 0.717) is 22.8 Å². The number of anilines is 3. The highest BCUT2D eigenvalue weighted by atomic mass is 35.5. The number of carbonyl (C=O) groups is 1. The summed E-state index contributed by atoms with van der Waals surface area (Å²) in [7, 11) is -6.60. The Kier molecular flexibility index (Phi) is 8.38. The summed E-state index contributed by atoms with van der Waals surface area (Å²) in [5.41, 5.74) is 2.59. The number of hydrogen-bond donors (Lipinski definition) is 3. The summed E-state index contributed by atoms with van der Waals surface area (Å²) in [5, 5.41) is 2.59. The molecule has 9 nitrogen and oxygen atoms in total. The molecule has 0 aliphatic heterocycles. The Hall–Kier alpha value is -4.06. The molecule has 1 amide bonds. The summed E-state index contributed by atoms with van der Waals surface area (Å²) in [6.45, 7) is 3.59. The van der Waals surface area contributed by atoms with Crippen molar-refractivity contribution in [3.05, 3.63) is 107 Å². The van der Waals surface area contributed by atoms with Crippen molar-refractivity contribution in [1.29, 1.82) is 0 Å². The van der Waals surface area contributed by atoms with Gasteiger partial charge in [-0.15, -0.1) is 0 Å². The molecule has 0 aromatic heterocycles. The highest BCUT2D eigenvalue weighted by Crippen LogP contribution is 2.29. The normalized spacial score (nSPS) is 11.5. The number of hydrogen-bond acceptors (Lipinski definition) is 6. The molecule has 0 spiro atoms. The number of methoxy groups -OCH3 is 1. The molecule has 4 aromatic carbocycles. The molecule has 208 valence electrons. The fourth-order valence-electron chi connectivity index (χ4n) is 3.76. The molecule has 0 aliphatic carbocycles. The van der Waals surface area contributed by atoms with Crippen LogP contribution in [-0.2, 0) is 20.0 Å². The molecule has 0 aliphatic rings. The van der Waals surface area contributed by atoms with Crippen molar-refractivity contribution in [1.82, 2.24) is 0 Å². The lowest BCUT2D eigenvalue weighted by Gasteiger charge is -2.14. The number of ether oxygens (including phenoxy) is 1. The van der Waals surface area contributed by atoms with Crippen LogP contribution in [0.5, 0.6) is 5.75 Å². The minimum atomic E-state index is -4.10. The van der Waals surface area contributed by atoms with Gasteiger partial charge in [-0.2, -0.15) is 0 Å². The lowest BCUT2D eigenvalue weighted by atomic mass is 10.2. The topological polar surface area (TPSA) is 131 Å². The van der Waals surface area contributed by atoms with Crippen molar-refractivity contribution in [2.24, 2.45) is 0 Å². The molecule has 0 saturated heterocycles. The predicted molar refractivity (Wildman–Crippen MR) is 156 cm³/mol. The van der Waals surface area contributed by atoms with E-state index in [1.54, 1.807) is 49.4 Å². The maximum absolute atomic E-state index is 13.0. The van der Waals surface area contributed by atoms with Gasteiger partial charge in [-0.1, -0.05) is 35.9 Å². The molecule has 12 heteroatoms. The average molecular weight is 600 g/mol. The third kappa shape index (κ3) is 6.56. The zero-order chi connectivity index (χ0) is 29.1. The Labute approximate surface area is 238 Å². The van der Waals surface area contributed by atoms with Crippen LogP contribution in [0.25, 0.3) is 0 Å². The molecule has 4 rings (SSSR count). The Bertz CT molecular complexity index is 1790. The number of nitrogens with one attached hydrogen (secondary N) is 3. The number of rotatable bonds is 9. The van der Waals surface area contributed by atoms with E-state index in [1.807, 2.05) is 6.92 Å². The number of carbonyl (C=O) groups excluding carboxylic acids is 1. The van der Waals surface area contributed by atoms with Gasteiger partial charge in [0.05, 0.1) is 28.4 Å². The van der Waals surface area contributed by atoms with Gasteiger partial charge < -0.3 is 10.1 Å². The summed E-state index contributed by atoms with van der Waals surface area (Å²) in [4.78, 5) is 12.6. The number of halogens is 1. The molecule has 0 bridgehead atoms. The van der Waals surface area contributed by atoms with Crippen molar-refractivity contribution in [3.63, 3.8) is 0 Å². The molecular formula is C28H26ClN3O6S2. The fourth-order valence-corrected chi connectivity index (χ4v) is 6.48. The van der Waals surface area contributed by atoms with Gasteiger partial charge in [-0.05, 0) is 85.6 Å². The first-order valence-corrected chi connectivity index (χ1v) is 15.2. The second kappa shape index (κ2) is 11.6. The first-order chi connectivity index (χ1) is 18.9. The second-order valence-corrected chi connectivity index (χ2v) is 12.6. The molecule has 0 unspecified atom stereocenters. The molecular weight excluding hydrogens is 574 g/mol. The van der Waals surface area contributed by atoms with E-state index in [-0.39, 0.29) is 20.4 Å². The van der Waals surface area contributed by atoms with E-state index in [2.05, 4.69) is 14.8 Å². The van der Waals surface area contributed by atoms with E-state index in [0.717, 1.165) is 11.1 Å². The standard InChI is InChI=1S/C28H26ClN3O6S2/c1-18-8-15-26(38-3)25(16-18)32-39(34,35)22-12-10-21(11-13-22)30-28(33)20-9-14-23(29)27(17-20)40(36,37)31-24-7-5-4-6-19(24)2/h4-17,31-32H,1-3H3,(H,30,33). The number of benzene rings is 4. The van der Waals surface area contributed by atoms with Crippen molar-refractivity contribution in [3.8, 4) is 5.75 Å². The minimum absolute atomic E-state index is 0.0313. The average Bonchev–Trinajstić information content (AvgIpc) is 2.90. The van der Waals surface area contributed by atoms with Gasteiger partial charge in [0.25, 0.3) is 26.0 Å². The SMILES string of the molecule is COc1ccc(C)cc1NS(=O)(=O)c1ccc(NC(=O)c2ccc(Cl)c(S(=O)(=O)Nc3ccccc3C)c2)cc1. The van der Waals surface area contributed by atoms with Gasteiger partial charge in [0.2, 0.25) is 0 Å². The van der Waals surface area contributed by atoms with E-state index < -0.39 is 26.0 Å². The predicted octanol–water partition coefficient (Wildman–Crippen LogP) is 5.82. The van der Waals surface area contributed by atoms with Crippen LogP contribution >= 0.6 is 11.6 Å². The van der Waals surface area contributed by atoms with E-state index in [4.69, 9.17) is 16.3 Å². The van der Waals surface area contributed by atoms with Gasteiger partial charge in [-0.3, -0.25) is 14.2 Å². The number of sulfonamides is 2. The van der Waals surface area contributed by atoms with E-state index in [9.17, 15) is 21.6 Å². The molecule has 0 heterocycles. The van der Waals surface area contributed by atoms with Gasteiger partial charge >= 0.3 is 0 Å². The summed E-state index contributed by atoms with van der Waals surface area (Å²) >= 11 is 6.18. The molecule has 3 N–H and O–H groups in total. The number of aryl methyl sites for hydroxylation is 2. The van der Waals surface area contributed by atoms with Gasteiger partial charge in [0.15, 0.2) is 0 Å². The van der Waals surface area contributed by atoms with Crippen LogP contribution in [0, 0.1) is 13.8 Å². The van der Waals surface area contributed by atoms with Crippen LogP contribution < -0.4 is 19.5 Å². The third-order valence-electron chi connectivity index (χ3n) is 5.89. The molecule has 4 aromatic rings. The Balaban J connectivity index is 1.51. The van der Waals surface area contributed by atoms with Crippen LogP contribution in [0.3, 0.4) is 0 Å². The molecule has 0 saturated carbocycles. The zero-order valence-corrected chi connectivity index (χ0v) is 24.1. The van der Waals surface area contributed by atoms with E-state index >= 15 is 0 Å². The van der Waals surface area contributed by atoms with Crippen LogP contribution in [0.15, 0.2) is 94.7 Å². The first-order valence-electron chi connectivity index (χ1n) is 11.9. The minimum Gasteiger partial charge on any atom is -0.495 e. The lowest BCUT2D eigenvalue weighted by molar-refractivity contribution is 0.102. The van der Waals surface area contributed by atoms with Gasteiger partial charge in [0.1, 0.15) is 10.6 Å². The van der Waals surface area contributed by atoms with Crippen LogP contribution in [-0.4, -0.2) is 29.9 Å². The van der Waals surface area contributed by atoms with Crippen LogP contribution in [0.2, 0.25) is 5.02 Å². The van der Waals surface area contributed by atoms with Crippen LogP contribution in [0.4, 0.5) is 17.1 Å². The maximum Gasteiger partial charge on any atom is 0.263 e. The summed E-state index contributed by atoms with van der Waals surface area (Å²) in [6.07, 6.45) is 0. The van der Waals surface area contributed by atoms with Crippen molar-refractivity contribution >= 4 is 54.6 Å². The first kappa shape index (κ1) is 28.9. The summed E-state index contributed by atoms with van der Waals surface area (Å²) < 4.78 is 62.1. The van der Waals surface area contributed by atoms with Crippen molar-refractivity contribution in [2.75, 3.05) is 21.9 Å². The Morgan fingerprint density at radius 3 is 2.12 bits per heavy atom. The molecule has 40 heavy (non-hydrogen) atoms. The smallest absolute Gasteiger partial charge is 0.263 e. The molecule has 0 fully saturated rings. The highest BCUT2D eigenvalue weighted by molar-refractivity contribution is 7.93. The second-order valence-electron chi connectivity index (χ2n) is 8.85. The van der Waals surface area contributed by atoms with Gasteiger partial charge in [-0.25, -0.2) is 16.8 Å². The van der Waals surface area contributed by atoms with Crippen molar-refractivity contribution < 1.29 is 26.4 Å². The van der Waals surface area contributed by atoms with Crippen molar-refractivity contribution in [2.45, 2.75) is 23.6 Å². The van der Waals surface area contributed by atoms with E-state index in [1.165, 1.54) is 49.6 Å². The number of para-hydroxylation sites is 1. The van der Waals surface area contributed by atoms with Crippen LogP contribution in [0.1, 0.15) is 21.5 Å². The number of amides is 1.